The first-order valence-electron chi connectivity index (χ1n) is 8.65. The average Bonchev–Trinajstić information content (AvgIpc) is 2.93. The van der Waals surface area contributed by atoms with Crippen molar-refractivity contribution in [1.29, 1.82) is 0 Å². The van der Waals surface area contributed by atoms with E-state index in [0.717, 1.165) is 0 Å². The number of amides is 1. The fourth-order valence-electron chi connectivity index (χ4n) is 2.92. The monoisotopic (exact) mass is 412 g/mol. The quantitative estimate of drug-likeness (QED) is 0.263. The zero-order valence-electron chi connectivity index (χ0n) is 15.5. The van der Waals surface area contributed by atoms with Gasteiger partial charge in [-0.3, -0.25) is 4.79 Å². The van der Waals surface area contributed by atoms with Crippen molar-refractivity contribution in [2.75, 3.05) is 39.6 Å². The number of rotatable bonds is 9. The maximum Gasteiger partial charge on any atom is 0.471 e. The van der Waals surface area contributed by atoms with E-state index in [9.17, 15) is 18.0 Å². The zero-order chi connectivity index (χ0) is 20.8. The molecule has 0 spiro atoms. The van der Waals surface area contributed by atoms with E-state index in [1.54, 1.807) is 13.8 Å². The van der Waals surface area contributed by atoms with E-state index in [1.165, 1.54) is 0 Å². The summed E-state index contributed by atoms with van der Waals surface area (Å²) < 4.78 is 65.3. The van der Waals surface area contributed by atoms with Crippen LogP contribution in [0.4, 0.5) is 13.2 Å². The van der Waals surface area contributed by atoms with Crippen LogP contribution >= 0.6 is 0 Å². The van der Waals surface area contributed by atoms with Crippen LogP contribution in [0.3, 0.4) is 0 Å². The van der Waals surface area contributed by atoms with E-state index in [2.05, 4.69) is 10.0 Å². The third-order valence-electron chi connectivity index (χ3n) is 4.04. The van der Waals surface area contributed by atoms with Crippen molar-refractivity contribution in [1.82, 2.24) is 5.32 Å². The Morgan fingerprint density at radius 3 is 2.61 bits per heavy atom. The van der Waals surface area contributed by atoms with E-state index < -0.39 is 42.2 Å². The van der Waals surface area contributed by atoms with Crippen LogP contribution in [0.15, 0.2) is 5.11 Å². The zero-order valence-corrected chi connectivity index (χ0v) is 15.5. The van der Waals surface area contributed by atoms with Crippen molar-refractivity contribution in [3.63, 3.8) is 0 Å². The highest BCUT2D eigenvalue weighted by Crippen LogP contribution is 2.35. The molecule has 0 aromatic carbocycles. The number of hydrogen-bond donors (Lipinski definition) is 1. The topological polar surface area (TPSA) is 124 Å². The largest absolute Gasteiger partial charge is 0.471 e. The molecule has 1 N–H and O–H groups in total. The van der Waals surface area contributed by atoms with Gasteiger partial charge in [0.25, 0.3) is 0 Å². The summed E-state index contributed by atoms with van der Waals surface area (Å²) in [6, 6.07) is -0.999. The number of nitrogens with one attached hydrogen (secondary N) is 1. The first-order valence-corrected chi connectivity index (χ1v) is 8.65. The Morgan fingerprint density at radius 1 is 1.25 bits per heavy atom. The molecule has 2 fully saturated rings. The van der Waals surface area contributed by atoms with Crippen LogP contribution in [-0.2, 0) is 28.5 Å². The molecule has 0 aliphatic carbocycles. The van der Waals surface area contributed by atoms with Crippen molar-refractivity contribution >= 4 is 5.91 Å². The molecule has 4 atom stereocenters. The van der Waals surface area contributed by atoms with Gasteiger partial charge in [0, 0.05) is 11.5 Å². The summed E-state index contributed by atoms with van der Waals surface area (Å²) in [7, 11) is 0. The van der Waals surface area contributed by atoms with Gasteiger partial charge in [-0.15, -0.1) is 0 Å². The molecule has 2 saturated heterocycles. The molecule has 0 bridgehead atoms. The predicted molar refractivity (Wildman–Crippen MR) is 87.2 cm³/mol. The van der Waals surface area contributed by atoms with E-state index in [-0.39, 0.29) is 39.6 Å². The van der Waals surface area contributed by atoms with Gasteiger partial charge in [0.15, 0.2) is 5.79 Å². The van der Waals surface area contributed by atoms with Gasteiger partial charge in [-0.2, -0.15) is 13.2 Å². The fraction of sp³-hybridized carbons (Fsp3) is 0.933. The molecular formula is C15H23F3N4O6. The number of fused-ring (bicyclic) bond motifs is 1. The lowest BCUT2D eigenvalue weighted by atomic mass is 9.98. The number of azide groups is 1. The van der Waals surface area contributed by atoms with E-state index >= 15 is 0 Å². The second kappa shape index (κ2) is 9.72. The van der Waals surface area contributed by atoms with Gasteiger partial charge < -0.3 is 29.0 Å². The third kappa shape index (κ3) is 6.47. The minimum Gasteiger partial charge on any atom is -0.379 e. The van der Waals surface area contributed by atoms with Crippen LogP contribution in [0.2, 0.25) is 0 Å². The lowest BCUT2D eigenvalue weighted by Crippen LogP contribution is -2.60. The SMILES string of the molecule is CC1(C)O[C@@H]2[C@H](O1)[C@@H](NC(=O)C(F)(F)F)CO[C@@H]2COCCOCCN=[N+]=[N-]. The molecule has 0 saturated carbocycles. The van der Waals surface area contributed by atoms with Crippen LogP contribution < -0.4 is 5.32 Å². The molecule has 2 aliphatic heterocycles. The van der Waals surface area contributed by atoms with Gasteiger partial charge >= 0.3 is 12.1 Å². The Balaban J connectivity index is 1.83. The van der Waals surface area contributed by atoms with Gasteiger partial charge in [0.05, 0.1) is 39.1 Å². The van der Waals surface area contributed by atoms with Crippen molar-refractivity contribution in [2.45, 2.75) is 50.2 Å². The summed E-state index contributed by atoms with van der Waals surface area (Å²) in [5.41, 5.74) is 8.13. The summed E-state index contributed by atoms with van der Waals surface area (Å²) in [4.78, 5) is 13.8. The average molecular weight is 412 g/mol. The molecule has 0 aromatic heterocycles. The second-order valence-corrected chi connectivity index (χ2v) is 6.66. The molecule has 0 unspecified atom stereocenters. The highest BCUT2D eigenvalue weighted by atomic mass is 19.4. The summed E-state index contributed by atoms with van der Waals surface area (Å²) in [6.45, 7) is 4.20. The van der Waals surface area contributed by atoms with Gasteiger partial charge in [0.2, 0.25) is 0 Å². The third-order valence-corrected chi connectivity index (χ3v) is 4.04. The van der Waals surface area contributed by atoms with Crippen molar-refractivity contribution in [3.8, 4) is 0 Å². The van der Waals surface area contributed by atoms with Gasteiger partial charge in [-0.05, 0) is 19.4 Å². The van der Waals surface area contributed by atoms with Gasteiger partial charge in [-0.1, -0.05) is 5.11 Å². The molecule has 0 radical (unpaired) electrons. The number of carbonyl (C=O) groups is 1. The molecule has 2 aliphatic rings. The first kappa shape index (κ1) is 22.7. The normalized spacial score (nSPS) is 29.0. The van der Waals surface area contributed by atoms with Crippen LogP contribution in [0, 0.1) is 0 Å². The molecule has 10 nitrogen and oxygen atoms in total. The maximum absolute atomic E-state index is 12.5. The van der Waals surface area contributed by atoms with Crippen LogP contribution in [0.25, 0.3) is 10.4 Å². The Labute approximate surface area is 159 Å². The molecule has 2 heterocycles. The smallest absolute Gasteiger partial charge is 0.379 e. The Bertz CT molecular complexity index is 585. The lowest BCUT2D eigenvalue weighted by molar-refractivity contribution is -0.179. The summed E-state index contributed by atoms with van der Waals surface area (Å²) in [6.07, 6.45) is -7.07. The van der Waals surface area contributed by atoms with E-state index in [1.807, 2.05) is 5.32 Å². The Morgan fingerprint density at radius 2 is 1.93 bits per heavy atom. The number of alkyl halides is 3. The van der Waals surface area contributed by atoms with Crippen molar-refractivity contribution in [2.24, 2.45) is 5.11 Å². The molecule has 13 heteroatoms. The summed E-state index contributed by atoms with van der Waals surface area (Å²) in [5, 5.41) is 5.22. The molecule has 28 heavy (non-hydrogen) atoms. The van der Waals surface area contributed by atoms with Gasteiger partial charge in [0.1, 0.15) is 18.3 Å². The second-order valence-electron chi connectivity index (χ2n) is 6.66. The minimum absolute atomic E-state index is 0.111. The van der Waals surface area contributed by atoms with E-state index in [4.69, 9.17) is 29.2 Å². The predicted octanol–water partition coefficient (Wildman–Crippen LogP) is 1.30. The molecule has 0 aromatic rings. The number of carbonyl (C=O) groups excluding carboxylic acids is 1. The Kier molecular flexibility index (Phi) is 7.87. The molecule has 1 amide bonds. The summed E-state index contributed by atoms with van der Waals surface area (Å²) >= 11 is 0. The van der Waals surface area contributed by atoms with Gasteiger partial charge in [-0.25, -0.2) is 0 Å². The standard InChI is InChI=1S/C15H23F3N4O6/c1-14(2)27-11-9(21-13(23)15(16,17)18)7-26-10(12(11)28-14)8-25-6-5-24-4-3-20-22-19/h9-12H,3-8H2,1-2H3,(H,21,23)/t9-,10+,11+,12-/m0/s1. The Hall–Kier alpha value is -1.63. The minimum atomic E-state index is -5.00. The van der Waals surface area contributed by atoms with Crippen LogP contribution in [0.5, 0.6) is 0 Å². The van der Waals surface area contributed by atoms with E-state index in [0.29, 0.717) is 0 Å². The van der Waals surface area contributed by atoms with Crippen molar-refractivity contribution < 1.29 is 41.7 Å². The highest BCUT2D eigenvalue weighted by Gasteiger charge is 2.53. The molecular weight excluding hydrogens is 389 g/mol. The fourth-order valence-corrected chi connectivity index (χ4v) is 2.92. The summed E-state index contributed by atoms with van der Waals surface area (Å²) in [5.74, 6) is -3.09. The number of halogens is 3. The van der Waals surface area contributed by atoms with Crippen LogP contribution in [-0.4, -0.2) is 81.8 Å². The lowest BCUT2D eigenvalue weighted by Gasteiger charge is -2.37. The molecule has 2 rings (SSSR count). The number of hydrogen-bond acceptors (Lipinski definition) is 7. The van der Waals surface area contributed by atoms with Crippen LogP contribution in [0.1, 0.15) is 13.8 Å². The number of ether oxygens (including phenoxy) is 5. The first-order chi connectivity index (χ1) is 13.1. The molecule has 160 valence electrons. The maximum atomic E-state index is 12.5. The van der Waals surface area contributed by atoms with Crippen molar-refractivity contribution in [3.05, 3.63) is 10.4 Å². The highest BCUT2D eigenvalue weighted by molar-refractivity contribution is 5.82. The number of nitrogens with zero attached hydrogens (tertiary/aromatic N) is 3.